The monoisotopic (exact) mass is 280 g/mol. The van der Waals surface area contributed by atoms with E-state index in [1.54, 1.807) is 0 Å². The molecule has 1 aromatic heterocycles. The van der Waals surface area contributed by atoms with Gasteiger partial charge < -0.3 is 20.1 Å². The first kappa shape index (κ1) is 15.0. The molecule has 1 aromatic rings. The third kappa shape index (κ3) is 3.80. The largest absolute Gasteiger partial charge is 0.376 e. The summed E-state index contributed by atoms with van der Waals surface area (Å²) in [5.74, 6) is 2.62. The molecule has 2 heterocycles. The van der Waals surface area contributed by atoms with Crippen LogP contribution in [0, 0.1) is 6.92 Å². The fourth-order valence-corrected chi connectivity index (χ4v) is 2.18. The number of hydrogen-bond acceptors (Lipinski definition) is 6. The summed E-state index contributed by atoms with van der Waals surface area (Å²) in [5.41, 5.74) is 1.03. The molecule has 20 heavy (non-hydrogen) atoms. The lowest BCUT2D eigenvalue weighted by Gasteiger charge is -2.24. The Morgan fingerprint density at radius 3 is 2.70 bits per heavy atom. The molecule has 0 spiro atoms. The number of ether oxygens (including phenoxy) is 2. The Morgan fingerprint density at radius 2 is 2.05 bits per heavy atom. The van der Waals surface area contributed by atoms with Gasteiger partial charge in [0.05, 0.1) is 25.9 Å². The molecule has 1 aliphatic heterocycles. The summed E-state index contributed by atoms with van der Waals surface area (Å²) in [6.07, 6.45) is 2.00. The van der Waals surface area contributed by atoms with E-state index in [-0.39, 0.29) is 6.10 Å². The molecule has 112 valence electrons. The second kappa shape index (κ2) is 7.40. The summed E-state index contributed by atoms with van der Waals surface area (Å²) in [7, 11) is 1.88. The van der Waals surface area contributed by atoms with Gasteiger partial charge in [-0.3, -0.25) is 0 Å². The zero-order valence-corrected chi connectivity index (χ0v) is 12.5. The highest BCUT2D eigenvalue weighted by molar-refractivity contribution is 5.57. The number of anilines is 2. The Labute approximate surface area is 120 Å². The fraction of sp³-hybridized carbons (Fsp3) is 0.714. The van der Waals surface area contributed by atoms with E-state index in [1.807, 2.05) is 14.0 Å². The molecule has 0 radical (unpaired) electrons. The van der Waals surface area contributed by atoms with Gasteiger partial charge in [0.2, 0.25) is 0 Å². The van der Waals surface area contributed by atoms with Crippen molar-refractivity contribution in [2.75, 3.05) is 44.0 Å². The van der Waals surface area contributed by atoms with Gasteiger partial charge in [-0.15, -0.1) is 0 Å². The zero-order valence-electron chi connectivity index (χ0n) is 12.5. The molecule has 0 bridgehead atoms. The maximum atomic E-state index is 5.63. The van der Waals surface area contributed by atoms with Crippen molar-refractivity contribution in [1.82, 2.24) is 9.97 Å². The van der Waals surface area contributed by atoms with E-state index < -0.39 is 0 Å². The minimum absolute atomic E-state index is 0.0887. The summed E-state index contributed by atoms with van der Waals surface area (Å²) in [6.45, 7) is 6.83. The summed E-state index contributed by atoms with van der Waals surface area (Å²) in [4.78, 5) is 9.11. The minimum Gasteiger partial charge on any atom is -0.376 e. The highest BCUT2D eigenvalue weighted by atomic mass is 16.6. The van der Waals surface area contributed by atoms with Crippen molar-refractivity contribution >= 4 is 11.6 Å². The van der Waals surface area contributed by atoms with Gasteiger partial charge >= 0.3 is 0 Å². The maximum absolute atomic E-state index is 5.63. The molecule has 1 unspecified atom stereocenters. The van der Waals surface area contributed by atoms with Gasteiger partial charge in [-0.1, -0.05) is 6.92 Å². The van der Waals surface area contributed by atoms with Gasteiger partial charge in [-0.25, -0.2) is 9.97 Å². The van der Waals surface area contributed by atoms with Crippen molar-refractivity contribution in [3.63, 3.8) is 0 Å². The summed E-state index contributed by atoms with van der Waals surface area (Å²) >= 11 is 0. The van der Waals surface area contributed by atoms with E-state index in [2.05, 4.69) is 27.5 Å². The van der Waals surface area contributed by atoms with E-state index in [9.17, 15) is 0 Å². The molecule has 1 aliphatic rings. The molecule has 0 aliphatic carbocycles. The van der Waals surface area contributed by atoms with Crippen LogP contribution in [0.25, 0.3) is 0 Å². The third-order valence-corrected chi connectivity index (χ3v) is 3.28. The standard InChI is InChI=1S/C14H24N4O2/c1-4-5-12-17-13(15-3)10(2)14(18-12)16-8-11-9-19-6-7-20-11/h11H,4-9H2,1-3H3,(H2,15,16,17,18). The molecule has 0 saturated carbocycles. The van der Waals surface area contributed by atoms with Crippen LogP contribution in [-0.2, 0) is 15.9 Å². The smallest absolute Gasteiger partial charge is 0.134 e. The van der Waals surface area contributed by atoms with Crippen molar-refractivity contribution in [1.29, 1.82) is 0 Å². The summed E-state index contributed by atoms with van der Waals surface area (Å²) in [5, 5.41) is 6.49. The van der Waals surface area contributed by atoms with Crippen LogP contribution in [0.1, 0.15) is 24.7 Å². The highest BCUT2D eigenvalue weighted by Gasteiger charge is 2.16. The second-order valence-electron chi connectivity index (χ2n) is 4.91. The minimum atomic E-state index is 0.0887. The number of rotatable bonds is 6. The Hall–Kier alpha value is -1.40. The average molecular weight is 280 g/mol. The fourth-order valence-electron chi connectivity index (χ4n) is 2.18. The SMILES string of the molecule is CCCc1nc(NC)c(C)c(NCC2COCCO2)n1. The molecule has 0 amide bonds. The molecule has 2 rings (SSSR count). The van der Waals surface area contributed by atoms with Crippen molar-refractivity contribution < 1.29 is 9.47 Å². The van der Waals surface area contributed by atoms with Gasteiger partial charge in [0.15, 0.2) is 0 Å². The van der Waals surface area contributed by atoms with Crippen LogP contribution in [0.2, 0.25) is 0 Å². The first-order valence-electron chi connectivity index (χ1n) is 7.23. The summed E-state index contributed by atoms with van der Waals surface area (Å²) < 4.78 is 11.0. The van der Waals surface area contributed by atoms with Gasteiger partial charge in [0, 0.05) is 25.6 Å². The lowest BCUT2D eigenvalue weighted by atomic mass is 10.2. The molecule has 2 N–H and O–H groups in total. The predicted molar refractivity (Wildman–Crippen MR) is 79.4 cm³/mol. The van der Waals surface area contributed by atoms with Crippen LogP contribution >= 0.6 is 0 Å². The van der Waals surface area contributed by atoms with E-state index in [0.717, 1.165) is 35.9 Å². The number of hydrogen-bond donors (Lipinski definition) is 2. The molecule has 1 fully saturated rings. The average Bonchev–Trinajstić information content (AvgIpc) is 2.48. The lowest BCUT2D eigenvalue weighted by molar-refractivity contribution is -0.0819. The Bertz CT molecular complexity index is 433. The third-order valence-electron chi connectivity index (χ3n) is 3.28. The van der Waals surface area contributed by atoms with Crippen molar-refractivity contribution in [2.24, 2.45) is 0 Å². The van der Waals surface area contributed by atoms with Gasteiger partial charge in [-0.05, 0) is 13.3 Å². The quantitative estimate of drug-likeness (QED) is 0.825. The van der Waals surface area contributed by atoms with Gasteiger partial charge in [-0.2, -0.15) is 0 Å². The van der Waals surface area contributed by atoms with Crippen molar-refractivity contribution in [2.45, 2.75) is 32.8 Å². The molecule has 1 saturated heterocycles. The molecule has 6 heteroatoms. The number of nitrogens with zero attached hydrogens (tertiary/aromatic N) is 2. The normalized spacial score (nSPS) is 18.9. The van der Waals surface area contributed by atoms with Crippen LogP contribution in [0.15, 0.2) is 0 Å². The molecular weight excluding hydrogens is 256 g/mol. The van der Waals surface area contributed by atoms with Crippen LogP contribution < -0.4 is 10.6 Å². The van der Waals surface area contributed by atoms with Crippen LogP contribution in [-0.4, -0.2) is 49.5 Å². The Balaban J connectivity index is 2.06. The van der Waals surface area contributed by atoms with Crippen molar-refractivity contribution in [3.05, 3.63) is 11.4 Å². The topological polar surface area (TPSA) is 68.3 Å². The Morgan fingerprint density at radius 1 is 1.25 bits per heavy atom. The second-order valence-corrected chi connectivity index (χ2v) is 4.91. The molecule has 0 aromatic carbocycles. The first-order valence-corrected chi connectivity index (χ1v) is 7.23. The van der Waals surface area contributed by atoms with Gasteiger partial charge in [0.1, 0.15) is 17.5 Å². The first-order chi connectivity index (χ1) is 9.74. The van der Waals surface area contributed by atoms with E-state index in [0.29, 0.717) is 26.4 Å². The van der Waals surface area contributed by atoms with Crippen molar-refractivity contribution in [3.8, 4) is 0 Å². The molecular formula is C14H24N4O2. The maximum Gasteiger partial charge on any atom is 0.134 e. The molecule has 1 atom stereocenters. The lowest BCUT2D eigenvalue weighted by Crippen LogP contribution is -2.34. The van der Waals surface area contributed by atoms with E-state index in [4.69, 9.17) is 9.47 Å². The number of aromatic nitrogens is 2. The Kier molecular flexibility index (Phi) is 5.55. The van der Waals surface area contributed by atoms with Crippen LogP contribution in [0.4, 0.5) is 11.6 Å². The molecule has 6 nitrogen and oxygen atoms in total. The predicted octanol–water partition coefficient (Wildman–Crippen LogP) is 1.61. The van der Waals surface area contributed by atoms with Crippen LogP contribution in [0.5, 0.6) is 0 Å². The summed E-state index contributed by atoms with van der Waals surface area (Å²) in [6, 6.07) is 0. The number of aryl methyl sites for hydroxylation is 1. The van der Waals surface area contributed by atoms with E-state index >= 15 is 0 Å². The van der Waals surface area contributed by atoms with Gasteiger partial charge in [0.25, 0.3) is 0 Å². The number of nitrogens with one attached hydrogen (secondary N) is 2. The van der Waals surface area contributed by atoms with Crippen LogP contribution in [0.3, 0.4) is 0 Å². The van der Waals surface area contributed by atoms with E-state index in [1.165, 1.54) is 0 Å². The zero-order chi connectivity index (χ0) is 14.4. The highest BCUT2D eigenvalue weighted by Crippen LogP contribution is 2.20.